The maximum Gasteiger partial charge on any atom is 0.142 e. The van der Waals surface area contributed by atoms with Gasteiger partial charge in [0.1, 0.15) is 11.6 Å². The SMILES string of the molecule is Cc1cc(Cl)c(C)c(-c2nc3ccccc3[nH]2)c1O. The Kier molecular flexibility index (Phi) is 2.72. The molecule has 0 saturated heterocycles. The number of nitrogens with zero attached hydrogens (tertiary/aromatic N) is 1. The summed E-state index contributed by atoms with van der Waals surface area (Å²) in [6.45, 7) is 3.71. The summed E-state index contributed by atoms with van der Waals surface area (Å²) in [7, 11) is 0. The van der Waals surface area contributed by atoms with Crippen molar-refractivity contribution in [2.24, 2.45) is 0 Å². The first kappa shape index (κ1) is 12.1. The third-order valence-electron chi connectivity index (χ3n) is 3.31. The van der Waals surface area contributed by atoms with E-state index >= 15 is 0 Å². The second-order valence-electron chi connectivity index (χ2n) is 4.63. The van der Waals surface area contributed by atoms with Gasteiger partial charge in [-0.2, -0.15) is 0 Å². The fourth-order valence-corrected chi connectivity index (χ4v) is 2.48. The number of imidazole rings is 1. The minimum atomic E-state index is 0.223. The van der Waals surface area contributed by atoms with Crippen molar-refractivity contribution in [2.75, 3.05) is 0 Å². The van der Waals surface area contributed by atoms with Crippen molar-refractivity contribution in [1.29, 1.82) is 0 Å². The molecule has 0 unspecified atom stereocenters. The van der Waals surface area contributed by atoms with E-state index in [1.165, 1.54) is 0 Å². The van der Waals surface area contributed by atoms with Crippen LogP contribution in [0.2, 0.25) is 5.02 Å². The summed E-state index contributed by atoms with van der Waals surface area (Å²) in [5, 5.41) is 10.9. The summed E-state index contributed by atoms with van der Waals surface area (Å²) in [6.07, 6.45) is 0. The number of aromatic nitrogens is 2. The van der Waals surface area contributed by atoms with E-state index in [2.05, 4.69) is 9.97 Å². The summed E-state index contributed by atoms with van der Waals surface area (Å²) in [5.41, 5.74) is 4.04. The molecule has 3 aromatic rings. The fourth-order valence-electron chi connectivity index (χ4n) is 2.22. The molecule has 96 valence electrons. The first-order valence-electron chi connectivity index (χ1n) is 6.01. The highest BCUT2D eigenvalue weighted by Gasteiger charge is 2.16. The number of nitrogens with one attached hydrogen (secondary N) is 1. The Morgan fingerprint density at radius 2 is 1.95 bits per heavy atom. The topological polar surface area (TPSA) is 48.9 Å². The molecule has 1 heterocycles. The molecular formula is C15H13ClN2O. The van der Waals surface area contributed by atoms with Gasteiger partial charge in [0.25, 0.3) is 0 Å². The number of phenolic OH excluding ortho intramolecular Hbond substituents is 1. The number of aromatic amines is 1. The van der Waals surface area contributed by atoms with Crippen LogP contribution in [0, 0.1) is 13.8 Å². The molecule has 0 radical (unpaired) electrons. The number of benzene rings is 2. The van der Waals surface area contributed by atoms with Crippen molar-refractivity contribution >= 4 is 22.6 Å². The molecular weight excluding hydrogens is 260 g/mol. The molecule has 3 nitrogen and oxygen atoms in total. The van der Waals surface area contributed by atoms with Crippen molar-refractivity contribution in [2.45, 2.75) is 13.8 Å². The van der Waals surface area contributed by atoms with Gasteiger partial charge < -0.3 is 10.1 Å². The van der Waals surface area contributed by atoms with Gasteiger partial charge in [0.15, 0.2) is 0 Å². The van der Waals surface area contributed by atoms with Crippen LogP contribution in [0.25, 0.3) is 22.4 Å². The molecule has 0 fully saturated rings. The number of para-hydroxylation sites is 2. The van der Waals surface area contributed by atoms with Gasteiger partial charge in [-0.15, -0.1) is 0 Å². The Balaban J connectivity index is 2.32. The molecule has 0 saturated carbocycles. The Morgan fingerprint density at radius 3 is 2.68 bits per heavy atom. The largest absolute Gasteiger partial charge is 0.507 e. The standard InChI is InChI=1S/C15H13ClN2O/c1-8-7-10(16)9(2)13(14(8)19)15-17-11-5-3-4-6-12(11)18-15/h3-7,19H,1-2H3,(H,17,18). The lowest BCUT2D eigenvalue weighted by Gasteiger charge is -2.10. The first-order chi connectivity index (χ1) is 9.08. The minimum Gasteiger partial charge on any atom is -0.507 e. The average Bonchev–Trinajstić information content (AvgIpc) is 2.80. The second kappa shape index (κ2) is 4.28. The number of H-pyrrole nitrogens is 1. The summed E-state index contributed by atoms with van der Waals surface area (Å²) in [4.78, 5) is 7.73. The normalized spacial score (nSPS) is 11.1. The molecule has 2 aromatic carbocycles. The van der Waals surface area contributed by atoms with Gasteiger partial charge in [0.2, 0.25) is 0 Å². The van der Waals surface area contributed by atoms with E-state index in [0.29, 0.717) is 16.4 Å². The number of rotatable bonds is 1. The van der Waals surface area contributed by atoms with Gasteiger partial charge in [-0.25, -0.2) is 4.98 Å². The van der Waals surface area contributed by atoms with Crippen molar-refractivity contribution < 1.29 is 5.11 Å². The van der Waals surface area contributed by atoms with Crippen molar-refractivity contribution in [1.82, 2.24) is 9.97 Å². The molecule has 4 heteroatoms. The molecule has 0 amide bonds. The van der Waals surface area contributed by atoms with Gasteiger partial charge >= 0.3 is 0 Å². The highest BCUT2D eigenvalue weighted by atomic mass is 35.5. The maximum atomic E-state index is 10.3. The Bertz CT molecular complexity index is 718. The zero-order chi connectivity index (χ0) is 13.6. The van der Waals surface area contributed by atoms with E-state index in [-0.39, 0.29) is 5.75 Å². The van der Waals surface area contributed by atoms with Crippen LogP contribution in [0.5, 0.6) is 5.75 Å². The van der Waals surface area contributed by atoms with Crippen molar-refractivity contribution in [3.63, 3.8) is 0 Å². The van der Waals surface area contributed by atoms with E-state index < -0.39 is 0 Å². The van der Waals surface area contributed by atoms with Crippen LogP contribution in [0.15, 0.2) is 30.3 Å². The molecule has 0 spiro atoms. The van der Waals surface area contributed by atoms with Gasteiger partial charge in [0.05, 0.1) is 16.6 Å². The van der Waals surface area contributed by atoms with Gasteiger partial charge in [-0.3, -0.25) is 0 Å². The van der Waals surface area contributed by atoms with Gasteiger partial charge in [-0.1, -0.05) is 23.7 Å². The first-order valence-corrected chi connectivity index (χ1v) is 6.39. The van der Waals surface area contributed by atoms with Crippen LogP contribution in [-0.2, 0) is 0 Å². The number of hydrogen-bond acceptors (Lipinski definition) is 2. The number of halogens is 1. The molecule has 0 atom stereocenters. The summed E-state index contributed by atoms with van der Waals surface area (Å²) >= 11 is 6.19. The van der Waals surface area contributed by atoms with Crippen LogP contribution in [0.3, 0.4) is 0 Å². The van der Waals surface area contributed by atoms with Crippen molar-refractivity contribution in [3.05, 3.63) is 46.5 Å². The molecule has 3 rings (SSSR count). The monoisotopic (exact) mass is 272 g/mol. The number of fused-ring (bicyclic) bond motifs is 1. The van der Waals surface area contributed by atoms with E-state index in [4.69, 9.17) is 11.6 Å². The maximum absolute atomic E-state index is 10.3. The van der Waals surface area contributed by atoms with Crippen LogP contribution >= 0.6 is 11.6 Å². The number of phenols is 1. The summed E-state index contributed by atoms with van der Waals surface area (Å²) < 4.78 is 0. The summed E-state index contributed by atoms with van der Waals surface area (Å²) in [5.74, 6) is 0.864. The molecule has 2 N–H and O–H groups in total. The van der Waals surface area contributed by atoms with Gasteiger partial charge in [0, 0.05) is 5.02 Å². The molecule has 1 aromatic heterocycles. The molecule has 0 aliphatic heterocycles. The number of hydrogen-bond donors (Lipinski definition) is 2. The van der Waals surface area contributed by atoms with Crippen LogP contribution in [0.4, 0.5) is 0 Å². The zero-order valence-electron chi connectivity index (χ0n) is 10.7. The highest BCUT2D eigenvalue weighted by Crippen LogP contribution is 2.38. The minimum absolute atomic E-state index is 0.223. The average molecular weight is 273 g/mol. The van der Waals surface area contributed by atoms with E-state index in [9.17, 15) is 5.11 Å². The lowest BCUT2D eigenvalue weighted by molar-refractivity contribution is 0.472. The third kappa shape index (κ3) is 1.87. The molecule has 0 aliphatic rings. The number of aryl methyl sites for hydroxylation is 1. The van der Waals surface area contributed by atoms with E-state index in [1.54, 1.807) is 6.07 Å². The van der Waals surface area contributed by atoms with Crippen LogP contribution in [-0.4, -0.2) is 15.1 Å². The fraction of sp³-hybridized carbons (Fsp3) is 0.133. The Morgan fingerprint density at radius 1 is 1.21 bits per heavy atom. The van der Waals surface area contributed by atoms with Gasteiger partial charge in [-0.05, 0) is 43.2 Å². The zero-order valence-corrected chi connectivity index (χ0v) is 11.4. The van der Waals surface area contributed by atoms with Crippen LogP contribution in [0.1, 0.15) is 11.1 Å². The Hall–Kier alpha value is -2.00. The quantitative estimate of drug-likeness (QED) is 0.697. The number of aromatic hydroxyl groups is 1. The molecule has 19 heavy (non-hydrogen) atoms. The second-order valence-corrected chi connectivity index (χ2v) is 5.03. The predicted octanol–water partition coefficient (Wildman–Crippen LogP) is 4.21. The Labute approximate surface area is 115 Å². The lowest BCUT2D eigenvalue weighted by atomic mass is 10.0. The van der Waals surface area contributed by atoms with Crippen molar-refractivity contribution in [3.8, 4) is 17.1 Å². The lowest BCUT2D eigenvalue weighted by Crippen LogP contribution is -1.90. The summed E-state index contributed by atoms with van der Waals surface area (Å²) in [6, 6.07) is 9.52. The smallest absolute Gasteiger partial charge is 0.142 e. The third-order valence-corrected chi connectivity index (χ3v) is 3.71. The van der Waals surface area contributed by atoms with E-state index in [1.807, 2.05) is 38.1 Å². The van der Waals surface area contributed by atoms with E-state index in [0.717, 1.165) is 22.2 Å². The van der Waals surface area contributed by atoms with Crippen LogP contribution < -0.4 is 0 Å². The predicted molar refractivity (Wildman–Crippen MR) is 77.7 cm³/mol. The molecule has 0 bridgehead atoms. The molecule has 0 aliphatic carbocycles. The highest BCUT2D eigenvalue weighted by molar-refractivity contribution is 6.32.